The van der Waals surface area contributed by atoms with Gasteiger partial charge in [-0.25, -0.2) is 0 Å². The minimum absolute atomic E-state index is 0.106. The Balaban J connectivity index is 1.54. The molecule has 0 amide bonds. The molecule has 1 fully saturated rings. The number of hydrogen-bond donors (Lipinski definition) is 1. The van der Waals surface area contributed by atoms with Crippen molar-refractivity contribution in [3.8, 4) is 11.3 Å². The lowest BCUT2D eigenvalue weighted by atomic mass is 10.0. The summed E-state index contributed by atoms with van der Waals surface area (Å²) < 4.78 is 6.34. The van der Waals surface area contributed by atoms with Gasteiger partial charge in [-0.3, -0.25) is 9.97 Å². The quantitative estimate of drug-likeness (QED) is 0.470. The van der Waals surface area contributed by atoms with Gasteiger partial charge in [0.05, 0.1) is 11.7 Å². The number of benzene rings is 1. The summed E-state index contributed by atoms with van der Waals surface area (Å²) in [4.78, 5) is 11.0. The summed E-state index contributed by atoms with van der Waals surface area (Å²) in [6.45, 7) is 0.634. The van der Waals surface area contributed by atoms with E-state index in [0.29, 0.717) is 11.7 Å². The molecule has 3 aromatic heterocycles. The Bertz CT molecular complexity index is 1130. The Hall–Kier alpha value is -3.51. The van der Waals surface area contributed by atoms with Gasteiger partial charge in [0.15, 0.2) is 5.11 Å². The van der Waals surface area contributed by atoms with Crippen LogP contribution in [0.25, 0.3) is 11.3 Å². The molecule has 1 N–H and O–H groups in total. The van der Waals surface area contributed by atoms with Crippen LogP contribution >= 0.6 is 12.2 Å². The summed E-state index contributed by atoms with van der Waals surface area (Å²) in [5, 5.41) is 4.13. The van der Waals surface area contributed by atoms with Crippen molar-refractivity contribution >= 4 is 17.3 Å². The number of thiocarbonyl (C=S) groups is 1. The first kappa shape index (κ1) is 18.5. The first-order valence-electron chi connectivity index (χ1n) is 9.82. The van der Waals surface area contributed by atoms with E-state index in [1.807, 2.05) is 72.9 Å². The number of aromatic nitrogens is 2. The van der Waals surface area contributed by atoms with Crippen molar-refractivity contribution in [3.05, 3.63) is 108 Å². The summed E-state index contributed by atoms with van der Waals surface area (Å²) >= 11 is 5.72. The lowest BCUT2D eigenvalue weighted by Gasteiger charge is -2.26. The maximum atomic E-state index is 6.34. The second-order valence-electron chi connectivity index (χ2n) is 7.18. The van der Waals surface area contributed by atoms with Gasteiger partial charge in [-0.05, 0) is 48.1 Å². The van der Waals surface area contributed by atoms with E-state index in [9.17, 15) is 0 Å². The van der Waals surface area contributed by atoms with Gasteiger partial charge < -0.3 is 14.6 Å². The molecule has 0 bridgehead atoms. The first-order chi connectivity index (χ1) is 14.8. The molecule has 1 aromatic carbocycles. The molecule has 4 heterocycles. The number of rotatable bonds is 5. The van der Waals surface area contributed by atoms with Crippen LogP contribution in [0.4, 0.5) is 0 Å². The Morgan fingerprint density at radius 2 is 1.80 bits per heavy atom. The fourth-order valence-electron chi connectivity index (χ4n) is 3.84. The number of nitrogens with zero attached hydrogens (tertiary/aromatic N) is 3. The maximum absolute atomic E-state index is 6.34. The van der Waals surface area contributed by atoms with Gasteiger partial charge in [0.25, 0.3) is 0 Å². The lowest BCUT2D eigenvalue weighted by Crippen LogP contribution is -2.29. The molecule has 5 nitrogen and oxygen atoms in total. The smallest absolute Gasteiger partial charge is 0.170 e. The van der Waals surface area contributed by atoms with Gasteiger partial charge in [0, 0.05) is 30.7 Å². The van der Waals surface area contributed by atoms with E-state index in [2.05, 4.69) is 26.3 Å². The number of hydrogen-bond acceptors (Lipinski definition) is 4. The average molecular weight is 413 g/mol. The van der Waals surface area contributed by atoms with E-state index in [4.69, 9.17) is 16.6 Å². The van der Waals surface area contributed by atoms with E-state index in [1.165, 1.54) is 0 Å². The fourth-order valence-corrected chi connectivity index (χ4v) is 4.15. The largest absolute Gasteiger partial charge is 0.459 e. The first-order valence-corrected chi connectivity index (χ1v) is 10.2. The Kier molecular flexibility index (Phi) is 4.99. The van der Waals surface area contributed by atoms with Crippen molar-refractivity contribution in [2.75, 3.05) is 0 Å². The zero-order valence-corrected chi connectivity index (χ0v) is 17.0. The molecule has 0 unspecified atom stereocenters. The topological polar surface area (TPSA) is 54.2 Å². The van der Waals surface area contributed by atoms with Crippen LogP contribution in [0.5, 0.6) is 0 Å². The molecule has 5 rings (SSSR count). The van der Waals surface area contributed by atoms with Gasteiger partial charge in [-0.1, -0.05) is 42.5 Å². The van der Waals surface area contributed by atoms with Crippen LogP contribution in [-0.2, 0) is 6.54 Å². The zero-order chi connectivity index (χ0) is 20.3. The standard InChI is InChI=1S/C24H20N4OS/c30-24-27-22(19-10-4-5-14-26-19)23(28(24)16-17-7-6-13-25-15-17)21-12-11-20(29-21)18-8-2-1-3-9-18/h1-15,22-23H,16H2,(H,27,30)/t22-,23-/m0/s1. The van der Waals surface area contributed by atoms with Gasteiger partial charge in [-0.2, -0.15) is 0 Å². The predicted molar refractivity (Wildman–Crippen MR) is 119 cm³/mol. The predicted octanol–water partition coefficient (Wildman–Crippen LogP) is 4.91. The lowest BCUT2D eigenvalue weighted by molar-refractivity contribution is 0.269. The van der Waals surface area contributed by atoms with Gasteiger partial charge in [0.1, 0.15) is 17.6 Å². The molecule has 6 heteroatoms. The van der Waals surface area contributed by atoms with Gasteiger partial charge >= 0.3 is 0 Å². The molecule has 1 aliphatic heterocycles. The van der Waals surface area contributed by atoms with Crippen LogP contribution in [0.3, 0.4) is 0 Å². The summed E-state index contributed by atoms with van der Waals surface area (Å²) in [5.41, 5.74) is 3.06. The Labute approximate surface area is 180 Å². The molecule has 1 aliphatic rings. The maximum Gasteiger partial charge on any atom is 0.170 e. The molecular formula is C24H20N4OS. The van der Waals surface area contributed by atoms with E-state index in [1.54, 1.807) is 12.4 Å². The summed E-state index contributed by atoms with van der Waals surface area (Å²) in [7, 11) is 0. The molecule has 0 spiro atoms. The van der Waals surface area contributed by atoms with Crippen molar-refractivity contribution in [2.45, 2.75) is 18.6 Å². The molecule has 0 saturated carbocycles. The van der Waals surface area contributed by atoms with E-state index in [-0.39, 0.29) is 12.1 Å². The van der Waals surface area contributed by atoms with E-state index >= 15 is 0 Å². The summed E-state index contributed by atoms with van der Waals surface area (Å²) in [5.74, 6) is 1.69. The van der Waals surface area contributed by atoms with Crippen molar-refractivity contribution < 1.29 is 4.42 Å². The highest BCUT2D eigenvalue weighted by atomic mass is 32.1. The van der Waals surface area contributed by atoms with Crippen LogP contribution < -0.4 is 5.32 Å². The molecule has 30 heavy (non-hydrogen) atoms. The van der Waals surface area contributed by atoms with Crippen molar-refractivity contribution in [3.63, 3.8) is 0 Å². The van der Waals surface area contributed by atoms with Crippen molar-refractivity contribution in [2.24, 2.45) is 0 Å². The SMILES string of the molecule is S=C1N[C@@H](c2ccccn2)[C@H](c2ccc(-c3ccccc3)o2)N1Cc1cccnc1. The third-order valence-electron chi connectivity index (χ3n) is 5.25. The monoisotopic (exact) mass is 412 g/mol. The zero-order valence-electron chi connectivity index (χ0n) is 16.2. The van der Waals surface area contributed by atoms with Crippen LogP contribution in [-0.4, -0.2) is 20.0 Å². The molecule has 148 valence electrons. The molecule has 0 radical (unpaired) electrons. The third-order valence-corrected chi connectivity index (χ3v) is 5.60. The van der Waals surface area contributed by atoms with E-state index < -0.39 is 0 Å². The number of furan rings is 1. The highest BCUT2D eigenvalue weighted by Gasteiger charge is 2.41. The molecule has 2 atom stereocenters. The Morgan fingerprint density at radius 3 is 2.57 bits per heavy atom. The Morgan fingerprint density at radius 1 is 0.933 bits per heavy atom. The molecule has 4 aromatic rings. The van der Waals surface area contributed by atoms with Crippen LogP contribution in [0, 0.1) is 0 Å². The third kappa shape index (κ3) is 3.57. The summed E-state index contributed by atoms with van der Waals surface area (Å²) in [6.07, 6.45) is 5.45. The number of nitrogens with one attached hydrogen (secondary N) is 1. The van der Waals surface area contributed by atoms with E-state index in [0.717, 1.165) is 28.3 Å². The molecule has 1 saturated heterocycles. The second kappa shape index (κ2) is 8.08. The molecule has 0 aliphatic carbocycles. The minimum Gasteiger partial charge on any atom is -0.459 e. The fraction of sp³-hybridized carbons (Fsp3) is 0.125. The second-order valence-corrected chi connectivity index (χ2v) is 7.57. The van der Waals surface area contributed by atoms with Gasteiger partial charge in [0.2, 0.25) is 0 Å². The highest BCUT2D eigenvalue weighted by Crippen LogP contribution is 2.41. The highest BCUT2D eigenvalue weighted by molar-refractivity contribution is 7.80. The van der Waals surface area contributed by atoms with Crippen molar-refractivity contribution in [1.29, 1.82) is 0 Å². The normalized spacial score (nSPS) is 18.4. The molecular weight excluding hydrogens is 392 g/mol. The van der Waals surface area contributed by atoms with Crippen molar-refractivity contribution in [1.82, 2.24) is 20.2 Å². The average Bonchev–Trinajstić information content (AvgIpc) is 3.41. The summed E-state index contributed by atoms with van der Waals surface area (Å²) in [6, 6.07) is 23.9. The number of pyridine rings is 2. The van der Waals surface area contributed by atoms with Gasteiger partial charge in [-0.15, -0.1) is 0 Å². The van der Waals surface area contributed by atoms with Crippen LogP contribution in [0.1, 0.15) is 29.1 Å². The van der Waals surface area contributed by atoms with Crippen LogP contribution in [0.2, 0.25) is 0 Å². The minimum atomic E-state index is -0.120. The van der Waals surface area contributed by atoms with Crippen LogP contribution in [0.15, 0.2) is 95.8 Å².